The highest BCUT2D eigenvalue weighted by molar-refractivity contribution is 5.92. The van der Waals surface area contributed by atoms with Gasteiger partial charge in [-0.2, -0.15) is 0 Å². The number of nitrogens with zero attached hydrogens (tertiary/aromatic N) is 1. The van der Waals surface area contributed by atoms with Crippen molar-refractivity contribution in [3.63, 3.8) is 0 Å². The summed E-state index contributed by atoms with van der Waals surface area (Å²) in [6.45, 7) is 9.39. The molecule has 0 aliphatic rings. The lowest BCUT2D eigenvalue weighted by Gasteiger charge is -2.22. The molecule has 2 aromatic carbocycles. The Kier molecular flexibility index (Phi) is 8.40. The summed E-state index contributed by atoms with van der Waals surface area (Å²) in [6, 6.07) is 9.93. The monoisotopic (exact) mass is 416 g/mol. The number of nitrogens with one attached hydrogen (secondary N) is 1. The Morgan fingerprint density at radius 2 is 1.24 bits per heavy atom. The van der Waals surface area contributed by atoms with Crippen molar-refractivity contribution in [2.45, 2.75) is 46.7 Å². The van der Waals surface area contributed by atoms with E-state index in [4.69, 9.17) is 11.5 Å². The van der Waals surface area contributed by atoms with Crippen molar-refractivity contribution in [1.29, 1.82) is 0 Å². The zero-order valence-corrected chi connectivity index (χ0v) is 18.3. The van der Waals surface area contributed by atoms with Crippen molar-refractivity contribution < 1.29 is 9.59 Å². The summed E-state index contributed by atoms with van der Waals surface area (Å²) in [5.41, 5.74) is 16.6. The fourth-order valence-electron chi connectivity index (χ4n) is 3.54. The van der Waals surface area contributed by atoms with E-state index in [0.29, 0.717) is 5.84 Å². The lowest BCUT2D eigenvalue weighted by Crippen LogP contribution is -2.38. The average molecular weight is 417 g/mol. The van der Waals surface area contributed by atoms with Gasteiger partial charge in [0.2, 0.25) is 11.8 Å². The van der Waals surface area contributed by atoms with Gasteiger partial charge in [-0.3, -0.25) is 14.6 Å². The van der Waals surface area contributed by atoms with Crippen LogP contribution in [0.2, 0.25) is 0 Å². The fourth-order valence-corrected chi connectivity index (χ4v) is 3.54. The van der Waals surface area contributed by atoms with Gasteiger partial charge in [0.05, 0.1) is 5.84 Å². The van der Waals surface area contributed by atoms with Gasteiger partial charge in [0.25, 0.3) is 0 Å². The minimum absolute atomic E-state index is 0. The SMILES string of the molecule is C/C(=N\C(C(N)=O)c1c(C)cccc1C)NC(C(N)=O)c1c(C)cccc1C.Cl. The molecule has 2 rings (SSSR count). The highest BCUT2D eigenvalue weighted by atomic mass is 35.5. The van der Waals surface area contributed by atoms with Crippen molar-refractivity contribution in [3.8, 4) is 0 Å². The predicted octanol–water partition coefficient (Wildman–Crippen LogP) is 3.10. The van der Waals surface area contributed by atoms with Crippen LogP contribution in [-0.4, -0.2) is 17.6 Å². The van der Waals surface area contributed by atoms with Crippen molar-refractivity contribution >= 4 is 30.1 Å². The number of halogens is 1. The van der Waals surface area contributed by atoms with Gasteiger partial charge in [-0.05, 0) is 68.0 Å². The topological polar surface area (TPSA) is 111 Å². The van der Waals surface area contributed by atoms with Crippen molar-refractivity contribution in [3.05, 3.63) is 69.8 Å². The first-order chi connectivity index (χ1) is 13.1. The standard InChI is InChI=1S/C22H28N4O2.ClH/c1-12-8-6-9-13(2)17(12)19(21(23)27)25-16(5)26-20(22(24)28)18-14(3)10-7-11-15(18)4;/h6-11,19-20H,1-5H3,(H2,23,27)(H2,24,28)(H,25,26);1H. The van der Waals surface area contributed by atoms with E-state index in [2.05, 4.69) is 10.3 Å². The number of primary amides is 2. The molecule has 0 aliphatic carbocycles. The number of benzene rings is 2. The number of hydrogen-bond acceptors (Lipinski definition) is 3. The van der Waals surface area contributed by atoms with E-state index in [0.717, 1.165) is 33.4 Å². The van der Waals surface area contributed by atoms with Crippen molar-refractivity contribution in [1.82, 2.24) is 5.32 Å². The van der Waals surface area contributed by atoms with Crippen LogP contribution < -0.4 is 16.8 Å². The van der Waals surface area contributed by atoms with Gasteiger partial charge in [0, 0.05) is 0 Å². The summed E-state index contributed by atoms with van der Waals surface area (Å²) >= 11 is 0. The van der Waals surface area contributed by atoms with E-state index in [1.807, 2.05) is 64.1 Å². The minimum Gasteiger partial charge on any atom is -0.368 e. The average Bonchev–Trinajstić information content (AvgIpc) is 2.59. The first-order valence-corrected chi connectivity index (χ1v) is 9.15. The maximum Gasteiger partial charge on any atom is 0.246 e. The number of aryl methyl sites for hydroxylation is 4. The van der Waals surface area contributed by atoms with E-state index >= 15 is 0 Å². The summed E-state index contributed by atoms with van der Waals surface area (Å²) in [4.78, 5) is 28.8. The van der Waals surface area contributed by atoms with Gasteiger partial charge in [0.15, 0.2) is 6.04 Å². The molecule has 0 aliphatic heterocycles. The zero-order chi connectivity index (χ0) is 21.0. The van der Waals surface area contributed by atoms with Crippen LogP contribution in [0, 0.1) is 27.7 Å². The molecule has 2 amide bonds. The molecule has 0 bridgehead atoms. The molecule has 0 fully saturated rings. The second-order valence-electron chi connectivity index (χ2n) is 7.11. The van der Waals surface area contributed by atoms with E-state index < -0.39 is 23.9 Å². The maximum atomic E-state index is 12.2. The summed E-state index contributed by atoms with van der Waals surface area (Å²) in [5, 5.41) is 3.08. The van der Waals surface area contributed by atoms with Gasteiger partial charge in [-0.15, -0.1) is 12.4 Å². The molecule has 0 saturated carbocycles. The molecule has 0 spiro atoms. The first kappa shape index (κ1) is 24.2. The number of carbonyl (C=O) groups is 2. The molecule has 7 heteroatoms. The second-order valence-corrected chi connectivity index (χ2v) is 7.11. The summed E-state index contributed by atoms with van der Waals surface area (Å²) < 4.78 is 0. The number of aliphatic imine (C=N–C) groups is 1. The lowest BCUT2D eigenvalue weighted by molar-refractivity contribution is -0.120. The predicted molar refractivity (Wildman–Crippen MR) is 119 cm³/mol. The third-order valence-electron chi connectivity index (χ3n) is 4.88. The lowest BCUT2D eigenvalue weighted by atomic mass is 9.95. The molecule has 0 heterocycles. The Labute approximate surface area is 178 Å². The van der Waals surface area contributed by atoms with Gasteiger partial charge in [-0.1, -0.05) is 36.4 Å². The number of carbonyl (C=O) groups excluding carboxylic acids is 2. The van der Waals surface area contributed by atoms with Crippen molar-refractivity contribution in [2.24, 2.45) is 16.5 Å². The normalized spacial score (nSPS) is 13.2. The molecular weight excluding hydrogens is 388 g/mol. The Bertz CT molecular complexity index is 900. The van der Waals surface area contributed by atoms with Crippen LogP contribution in [0.15, 0.2) is 41.4 Å². The van der Waals surface area contributed by atoms with Crippen LogP contribution in [0.3, 0.4) is 0 Å². The highest BCUT2D eigenvalue weighted by Gasteiger charge is 2.24. The van der Waals surface area contributed by atoms with E-state index in [1.54, 1.807) is 6.92 Å². The Morgan fingerprint density at radius 1 is 0.828 bits per heavy atom. The molecule has 29 heavy (non-hydrogen) atoms. The van der Waals surface area contributed by atoms with E-state index in [1.165, 1.54) is 0 Å². The molecular formula is C22H29ClN4O2. The van der Waals surface area contributed by atoms with Crippen LogP contribution in [0.5, 0.6) is 0 Å². The van der Waals surface area contributed by atoms with Crippen LogP contribution >= 0.6 is 12.4 Å². The molecule has 2 unspecified atom stereocenters. The highest BCUT2D eigenvalue weighted by Crippen LogP contribution is 2.26. The van der Waals surface area contributed by atoms with Crippen LogP contribution in [-0.2, 0) is 9.59 Å². The Morgan fingerprint density at radius 3 is 1.62 bits per heavy atom. The van der Waals surface area contributed by atoms with Crippen LogP contribution in [0.1, 0.15) is 52.4 Å². The van der Waals surface area contributed by atoms with E-state index in [9.17, 15) is 9.59 Å². The smallest absolute Gasteiger partial charge is 0.246 e. The molecule has 0 aromatic heterocycles. The van der Waals surface area contributed by atoms with Crippen LogP contribution in [0.25, 0.3) is 0 Å². The Hall–Kier alpha value is -2.86. The van der Waals surface area contributed by atoms with Gasteiger partial charge < -0.3 is 16.8 Å². The molecule has 6 nitrogen and oxygen atoms in total. The molecule has 2 atom stereocenters. The summed E-state index contributed by atoms with van der Waals surface area (Å²) in [6.07, 6.45) is 0. The maximum absolute atomic E-state index is 12.2. The third kappa shape index (κ3) is 5.57. The molecule has 2 aromatic rings. The van der Waals surface area contributed by atoms with Crippen molar-refractivity contribution in [2.75, 3.05) is 0 Å². The molecule has 0 saturated heterocycles. The number of amidine groups is 1. The van der Waals surface area contributed by atoms with Gasteiger partial charge in [-0.25, -0.2) is 0 Å². The number of hydrogen-bond donors (Lipinski definition) is 3. The largest absolute Gasteiger partial charge is 0.368 e. The number of amides is 2. The minimum atomic E-state index is -0.847. The molecule has 0 radical (unpaired) electrons. The molecule has 5 N–H and O–H groups in total. The number of rotatable bonds is 6. The first-order valence-electron chi connectivity index (χ1n) is 9.15. The molecule has 156 valence electrons. The second kappa shape index (κ2) is 10.1. The van der Waals surface area contributed by atoms with Gasteiger partial charge >= 0.3 is 0 Å². The third-order valence-corrected chi connectivity index (χ3v) is 4.88. The number of nitrogens with two attached hydrogens (primary N) is 2. The zero-order valence-electron chi connectivity index (χ0n) is 17.4. The van der Waals surface area contributed by atoms with E-state index in [-0.39, 0.29) is 12.4 Å². The quantitative estimate of drug-likeness (QED) is 0.497. The van der Waals surface area contributed by atoms with Crippen LogP contribution in [0.4, 0.5) is 0 Å². The Balaban J connectivity index is 0.00000420. The summed E-state index contributed by atoms with van der Waals surface area (Å²) in [7, 11) is 0. The fraction of sp³-hybridized carbons (Fsp3) is 0.318. The van der Waals surface area contributed by atoms with Gasteiger partial charge in [0.1, 0.15) is 6.04 Å². The summed E-state index contributed by atoms with van der Waals surface area (Å²) in [5.74, 6) is -0.659.